The summed E-state index contributed by atoms with van der Waals surface area (Å²) < 4.78 is 5.18. The zero-order chi connectivity index (χ0) is 15.5. The number of amides is 2. The minimum absolute atomic E-state index is 0.140. The van der Waals surface area contributed by atoms with Crippen molar-refractivity contribution in [1.82, 2.24) is 10.1 Å². The average Bonchev–Trinajstić information content (AvgIpc) is 3.05. The summed E-state index contributed by atoms with van der Waals surface area (Å²) in [6.45, 7) is 1.02. The molecule has 0 spiro atoms. The number of nitrogens with zero attached hydrogens (tertiary/aromatic N) is 2. The highest BCUT2D eigenvalue weighted by Crippen LogP contribution is 2.22. The summed E-state index contributed by atoms with van der Waals surface area (Å²) in [5.41, 5.74) is 6.83. The molecule has 1 fully saturated rings. The van der Waals surface area contributed by atoms with Crippen molar-refractivity contribution in [1.29, 1.82) is 0 Å². The molecule has 6 nitrogen and oxygen atoms in total. The van der Waals surface area contributed by atoms with Gasteiger partial charge in [-0.1, -0.05) is 35.5 Å². The quantitative estimate of drug-likeness (QED) is 0.933. The molecular weight excluding hydrogens is 282 g/mol. The third-order valence-corrected chi connectivity index (χ3v) is 3.98. The first-order valence-electron chi connectivity index (χ1n) is 7.26. The SMILES string of the molecule is NC(=O)C1CCN(C(=O)c2cc(-c3ccccc3)no2)CC1. The Balaban J connectivity index is 1.69. The number of piperidine rings is 1. The fraction of sp³-hybridized carbons (Fsp3) is 0.312. The van der Waals surface area contributed by atoms with Gasteiger partial charge in [-0.25, -0.2) is 0 Å². The van der Waals surface area contributed by atoms with E-state index in [2.05, 4.69) is 5.16 Å². The molecule has 1 aliphatic heterocycles. The van der Waals surface area contributed by atoms with Gasteiger partial charge in [-0.05, 0) is 12.8 Å². The number of hydrogen-bond acceptors (Lipinski definition) is 4. The summed E-state index contributed by atoms with van der Waals surface area (Å²) in [5, 5.41) is 3.95. The number of likely N-dealkylation sites (tertiary alicyclic amines) is 1. The van der Waals surface area contributed by atoms with E-state index >= 15 is 0 Å². The molecule has 0 unspecified atom stereocenters. The summed E-state index contributed by atoms with van der Waals surface area (Å²) in [7, 11) is 0. The Morgan fingerprint density at radius 3 is 2.50 bits per heavy atom. The van der Waals surface area contributed by atoms with Gasteiger partial charge < -0.3 is 15.2 Å². The summed E-state index contributed by atoms with van der Waals surface area (Å²) in [6.07, 6.45) is 1.20. The molecular formula is C16H17N3O3. The fourth-order valence-electron chi connectivity index (χ4n) is 2.64. The lowest BCUT2D eigenvalue weighted by Crippen LogP contribution is -2.41. The highest BCUT2D eigenvalue weighted by atomic mass is 16.5. The van der Waals surface area contributed by atoms with Crippen molar-refractivity contribution in [3.05, 3.63) is 42.2 Å². The van der Waals surface area contributed by atoms with E-state index in [1.165, 1.54) is 0 Å². The zero-order valence-electron chi connectivity index (χ0n) is 12.1. The number of carbonyl (C=O) groups excluding carboxylic acids is 2. The van der Waals surface area contributed by atoms with Crippen molar-refractivity contribution < 1.29 is 14.1 Å². The van der Waals surface area contributed by atoms with Crippen LogP contribution in [0.5, 0.6) is 0 Å². The Morgan fingerprint density at radius 2 is 1.86 bits per heavy atom. The largest absolute Gasteiger partial charge is 0.369 e. The van der Waals surface area contributed by atoms with E-state index < -0.39 is 0 Å². The van der Waals surface area contributed by atoms with Crippen LogP contribution in [0.4, 0.5) is 0 Å². The van der Waals surface area contributed by atoms with E-state index in [1.54, 1.807) is 11.0 Å². The zero-order valence-corrected chi connectivity index (χ0v) is 12.1. The lowest BCUT2D eigenvalue weighted by Gasteiger charge is -2.29. The second-order valence-electron chi connectivity index (χ2n) is 5.41. The number of hydrogen-bond donors (Lipinski definition) is 1. The first-order chi connectivity index (χ1) is 10.6. The lowest BCUT2D eigenvalue weighted by atomic mass is 9.96. The number of carbonyl (C=O) groups is 2. The molecule has 2 heterocycles. The van der Waals surface area contributed by atoms with Gasteiger partial charge in [0.05, 0.1) is 0 Å². The predicted octanol–water partition coefficient (Wildman–Crippen LogP) is 1.68. The molecule has 0 bridgehead atoms. The van der Waals surface area contributed by atoms with E-state index in [0.717, 1.165) is 5.56 Å². The molecule has 22 heavy (non-hydrogen) atoms. The highest BCUT2D eigenvalue weighted by molar-refractivity contribution is 5.92. The van der Waals surface area contributed by atoms with Crippen molar-refractivity contribution in [2.45, 2.75) is 12.8 Å². The van der Waals surface area contributed by atoms with Gasteiger partial charge in [0.25, 0.3) is 5.91 Å². The maximum absolute atomic E-state index is 12.4. The van der Waals surface area contributed by atoms with Gasteiger partial charge in [0, 0.05) is 30.6 Å². The molecule has 3 rings (SSSR count). The number of benzene rings is 1. The average molecular weight is 299 g/mol. The van der Waals surface area contributed by atoms with Crippen molar-refractivity contribution in [3.63, 3.8) is 0 Å². The van der Waals surface area contributed by atoms with Crippen molar-refractivity contribution in [2.24, 2.45) is 11.7 Å². The molecule has 2 N–H and O–H groups in total. The van der Waals surface area contributed by atoms with Gasteiger partial charge in [-0.2, -0.15) is 0 Å². The summed E-state index contributed by atoms with van der Waals surface area (Å²) in [5.74, 6) is -0.411. The van der Waals surface area contributed by atoms with Crippen LogP contribution >= 0.6 is 0 Å². The maximum Gasteiger partial charge on any atom is 0.292 e. The number of aromatic nitrogens is 1. The standard InChI is InChI=1S/C16H17N3O3/c17-15(20)12-6-8-19(9-7-12)16(21)14-10-13(18-22-14)11-4-2-1-3-5-11/h1-5,10,12H,6-9H2,(H2,17,20). The van der Waals surface area contributed by atoms with Crippen LogP contribution in [0.25, 0.3) is 11.3 Å². The fourth-order valence-corrected chi connectivity index (χ4v) is 2.64. The molecule has 0 aliphatic carbocycles. The Kier molecular flexibility index (Phi) is 3.91. The summed E-state index contributed by atoms with van der Waals surface area (Å²) in [4.78, 5) is 25.2. The normalized spacial score (nSPS) is 15.7. The monoisotopic (exact) mass is 299 g/mol. The Morgan fingerprint density at radius 1 is 1.18 bits per heavy atom. The predicted molar refractivity (Wildman–Crippen MR) is 79.8 cm³/mol. The molecule has 2 amide bonds. The number of nitrogens with two attached hydrogens (primary N) is 1. The molecule has 0 atom stereocenters. The maximum atomic E-state index is 12.4. The Labute approximate surface area is 127 Å². The van der Waals surface area contributed by atoms with E-state index in [9.17, 15) is 9.59 Å². The van der Waals surface area contributed by atoms with Crippen molar-refractivity contribution in [2.75, 3.05) is 13.1 Å². The van der Waals surface area contributed by atoms with Gasteiger partial charge in [-0.3, -0.25) is 9.59 Å². The van der Waals surface area contributed by atoms with Crippen LogP contribution in [0.1, 0.15) is 23.4 Å². The van der Waals surface area contributed by atoms with Crippen LogP contribution in [0.2, 0.25) is 0 Å². The molecule has 1 aromatic heterocycles. The van der Waals surface area contributed by atoms with Crippen molar-refractivity contribution >= 4 is 11.8 Å². The topological polar surface area (TPSA) is 89.4 Å². The van der Waals surface area contributed by atoms with Gasteiger partial charge in [0.2, 0.25) is 11.7 Å². The molecule has 6 heteroatoms. The second-order valence-corrected chi connectivity index (χ2v) is 5.41. The van der Waals surface area contributed by atoms with E-state index in [-0.39, 0.29) is 23.5 Å². The second kappa shape index (κ2) is 6.01. The molecule has 114 valence electrons. The minimum Gasteiger partial charge on any atom is -0.369 e. The van der Waals surface area contributed by atoms with Gasteiger partial charge in [0.1, 0.15) is 5.69 Å². The first-order valence-corrected chi connectivity index (χ1v) is 7.26. The Hall–Kier alpha value is -2.63. The molecule has 1 aromatic carbocycles. The molecule has 2 aromatic rings. The van der Waals surface area contributed by atoms with E-state index in [1.807, 2.05) is 30.3 Å². The Bertz CT molecular complexity index is 673. The smallest absolute Gasteiger partial charge is 0.292 e. The third kappa shape index (κ3) is 2.86. The van der Waals surface area contributed by atoms with Crippen LogP contribution in [-0.4, -0.2) is 35.0 Å². The molecule has 1 aliphatic rings. The van der Waals surface area contributed by atoms with Crippen LogP contribution in [0, 0.1) is 5.92 Å². The minimum atomic E-state index is -0.293. The third-order valence-electron chi connectivity index (χ3n) is 3.98. The molecule has 0 saturated carbocycles. The summed E-state index contributed by atoms with van der Waals surface area (Å²) >= 11 is 0. The van der Waals surface area contributed by atoms with Crippen LogP contribution < -0.4 is 5.73 Å². The lowest BCUT2D eigenvalue weighted by molar-refractivity contribution is -0.123. The van der Waals surface area contributed by atoms with Gasteiger partial charge in [0.15, 0.2) is 0 Å². The first kappa shape index (κ1) is 14.3. The number of rotatable bonds is 3. The number of primary amides is 1. The summed E-state index contributed by atoms with van der Waals surface area (Å²) in [6, 6.07) is 11.2. The highest BCUT2D eigenvalue weighted by Gasteiger charge is 2.28. The molecule has 0 radical (unpaired) electrons. The van der Waals surface area contributed by atoms with Gasteiger partial charge in [-0.15, -0.1) is 0 Å². The van der Waals surface area contributed by atoms with E-state index in [0.29, 0.717) is 31.6 Å². The van der Waals surface area contributed by atoms with Gasteiger partial charge >= 0.3 is 0 Å². The van der Waals surface area contributed by atoms with E-state index in [4.69, 9.17) is 10.3 Å². The van der Waals surface area contributed by atoms with Crippen LogP contribution in [0.3, 0.4) is 0 Å². The van der Waals surface area contributed by atoms with Crippen LogP contribution in [0.15, 0.2) is 40.9 Å². The van der Waals surface area contributed by atoms with Crippen LogP contribution in [-0.2, 0) is 4.79 Å². The molecule has 1 saturated heterocycles. The van der Waals surface area contributed by atoms with Crippen molar-refractivity contribution in [3.8, 4) is 11.3 Å².